The fourth-order valence-corrected chi connectivity index (χ4v) is 1.15. The fourth-order valence-electron chi connectivity index (χ4n) is 1.15. The molecule has 1 N–H and O–H groups in total. The number of benzene rings is 1. The molecule has 0 amide bonds. The summed E-state index contributed by atoms with van der Waals surface area (Å²) >= 11 is 0. The Kier molecular flexibility index (Phi) is 4.10. The molecule has 1 aliphatic heterocycles. The summed E-state index contributed by atoms with van der Waals surface area (Å²) in [7, 11) is 0. The molecule has 0 saturated heterocycles. The molecular weight excluding hydrogens is 228 g/mol. The minimum atomic E-state index is -1.43. The van der Waals surface area contributed by atoms with Crippen molar-refractivity contribution in [2.24, 2.45) is 0 Å². The number of ether oxygens (including phenoxy) is 1. The van der Waals surface area contributed by atoms with Crippen LogP contribution in [-0.4, -0.2) is 29.1 Å². The van der Waals surface area contributed by atoms with E-state index in [-0.39, 0.29) is 12.7 Å². The number of hydrogen-bond acceptors (Lipinski definition) is 5. The van der Waals surface area contributed by atoms with Gasteiger partial charge in [-0.1, -0.05) is 18.2 Å². The maximum Gasteiger partial charge on any atom is 0.380 e. The van der Waals surface area contributed by atoms with Crippen LogP contribution in [0.4, 0.5) is 0 Å². The number of carbonyl (C=O) groups is 4. The van der Waals surface area contributed by atoms with Crippen molar-refractivity contribution < 1.29 is 29.0 Å². The summed E-state index contributed by atoms with van der Waals surface area (Å²) in [5.41, 5.74) is 0.780. The van der Waals surface area contributed by atoms with Gasteiger partial charge in [0, 0.05) is 12.0 Å². The van der Waals surface area contributed by atoms with Crippen molar-refractivity contribution in [2.75, 3.05) is 0 Å². The highest BCUT2D eigenvalue weighted by molar-refractivity contribution is 6.35. The number of carboxylic acid groups (broad SMARTS) is 1. The maximum atomic E-state index is 10.9. The van der Waals surface area contributed by atoms with E-state index in [2.05, 4.69) is 0 Å². The van der Waals surface area contributed by atoms with Crippen LogP contribution in [0.25, 0.3) is 0 Å². The summed E-state index contributed by atoms with van der Waals surface area (Å²) in [5.74, 6) is -2.16. The van der Waals surface area contributed by atoms with Crippen molar-refractivity contribution in [3.8, 4) is 5.75 Å². The Balaban J connectivity index is 0.000000249. The average molecular weight is 236 g/mol. The number of para-hydroxylation sites is 1. The molecule has 1 aromatic rings. The van der Waals surface area contributed by atoms with E-state index >= 15 is 0 Å². The number of aliphatic carboxylic acids is 1. The second-order valence-electron chi connectivity index (χ2n) is 3.05. The predicted octanol–water partition coefficient (Wildman–Crippen LogP) is -0.0129. The van der Waals surface area contributed by atoms with Gasteiger partial charge in [-0.25, -0.2) is 9.59 Å². The number of Topliss-reactive ketones (excluding diaryl/α,β-unsaturated/α-hetero) is 1. The number of fused-ring (bicyclic) bond motifs is 1. The second-order valence-corrected chi connectivity index (χ2v) is 3.05. The zero-order valence-electron chi connectivity index (χ0n) is 8.58. The average Bonchev–Trinajstić information content (AvgIpc) is 2.31. The second kappa shape index (κ2) is 5.55. The minimum absolute atomic E-state index is 0.162. The highest BCUT2D eigenvalue weighted by Gasteiger charge is 2.24. The van der Waals surface area contributed by atoms with Crippen LogP contribution < -0.4 is 4.74 Å². The number of rotatable bonds is 1. The van der Waals surface area contributed by atoms with Crippen LogP contribution in [-0.2, 0) is 25.6 Å². The predicted molar refractivity (Wildman–Crippen MR) is 54.5 cm³/mol. The Morgan fingerprint density at radius 1 is 1.29 bits per heavy atom. The lowest BCUT2D eigenvalue weighted by Gasteiger charge is -2.12. The normalized spacial score (nSPS) is 12.7. The van der Waals surface area contributed by atoms with Gasteiger partial charge in [-0.05, 0) is 6.07 Å². The van der Waals surface area contributed by atoms with Crippen molar-refractivity contribution in [3.05, 3.63) is 29.8 Å². The Bertz CT molecular complexity index is 442. The van der Waals surface area contributed by atoms with Gasteiger partial charge >= 0.3 is 11.9 Å². The highest BCUT2D eigenvalue weighted by atomic mass is 16.5. The van der Waals surface area contributed by atoms with E-state index in [0.29, 0.717) is 5.75 Å². The molecule has 0 saturated carbocycles. The van der Waals surface area contributed by atoms with Crippen molar-refractivity contribution in [1.29, 1.82) is 0 Å². The number of ketones is 1. The molecule has 0 unspecified atom stereocenters. The lowest BCUT2D eigenvalue weighted by atomic mass is 10.1. The molecule has 6 heteroatoms. The van der Waals surface area contributed by atoms with Crippen molar-refractivity contribution in [2.45, 2.75) is 6.42 Å². The Labute approximate surface area is 95.8 Å². The molecule has 0 aliphatic carbocycles. The molecule has 0 radical (unpaired) electrons. The van der Waals surface area contributed by atoms with Crippen LogP contribution >= 0.6 is 0 Å². The van der Waals surface area contributed by atoms with Crippen LogP contribution in [0.15, 0.2) is 24.3 Å². The Hall–Kier alpha value is -2.50. The standard InChI is InChI=1S/C9H6O3.C2H2O3/c10-7-5-6-3-1-2-4-8(6)12-9(7)11;3-1-2(4)5/h1-4H,5H2;1H,(H,4,5). The molecule has 2 rings (SSSR count). The molecule has 0 atom stereocenters. The molecule has 0 bridgehead atoms. The van der Waals surface area contributed by atoms with Gasteiger partial charge in [0.1, 0.15) is 5.75 Å². The minimum Gasteiger partial charge on any atom is -0.476 e. The largest absolute Gasteiger partial charge is 0.476 e. The number of carbonyl (C=O) groups excluding carboxylic acids is 3. The van der Waals surface area contributed by atoms with Gasteiger partial charge in [-0.3, -0.25) is 9.59 Å². The van der Waals surface area contributed by atoms with E-state index in [9.17, 15) is 9.59 Å². The molecule has 1 aromatic carbocycles. The maximum absolute atomic E-state index is 10.9. The first-order valence-corrected chi connectivity index (χ1v) is 4.55. The summed E-state index contributed by atoms with van der Waals surface area (Å²) in [6.45, 7) is 0. The van der Waals surface area contributed by atoms with E-state index in [0.717, 1.165) is 5.56 Å². The van der Waals surface area contributed by atoms with E-state index in [1.807, 2.05) is 6.07 Å². The zero-order valence-corrected chi connectivity index (χ0v) is 8.58. The molecular formula is C11H8O6. The van der Waals surface area contributed by atoms with Crippen LogP contribution in [0, 0.1) is 0 Å². The summed E-state index contributed by atoms with van der Waals surface area (Å²) in [4.78, 5) is 39.6. The van der Waals surface area contributed by atoms with E-state index in [1.54, 1.807) is 18.2 Å². The van der Waals surface area contributed by atoms with Gasteiger partial charge in [0.2, 0.25) is 12.1 Å². The van der Waals surface area contributed by atoms with Crippen molar-refractivity contribution >= 4 is 24.0 Å². The van der Waals surface area contributed by atoms with Crippen LogP contribution in [0.1, 0.15) is 5.56 Å². The Morgan fingerprint density at radius 3 is 2.47 bits per heavy atom. The smallest absolute Gasteiger partial charge is 0.380 e. The number of hydrogen-bond donors (Lipinski definition) is 1. The van der Waals surface area contributed by atoms with Gasteiger partial charge in [-0.2, -0.15) is 0 Å². The van der Waals surface area contributed by atoms with Crippen LogP contribution in [0.2, 0.25) is 0 Å². The topological polar surface area (TPSA) is 97.7 Å². The molecule has 88 valence electrons. The monoisotopic (exact) mass is 236 g/mol. The highest BCUT2D eigenvalue weighted by Crippen LogP contribution is 2.22. The van der Waals surface area contributed by atoms with E-state index in [4.69, 9.17) is 19.4 Å². The van der Waals surface area contributed by atoms with Gasteiger partial charge in [0.15, 0.2) is 0 Å². The van der Waals surface area contributed by atoms with Gasteiger partial charge in [-0.15, -0.1) is 0 Å². The van der Waals surface area contributed by atoms with Crippen molar-refractivity contribution in [3.63, 3.8) is 0 Å². The van der Waals surface area contributed by atoms with Gasteiger partial charge in [0.25, 0.3) is 0 Å². The Morgan fingerprint density at radius 2 is 1.88 bits per heavy atom. The molecule has 6 nitrogen and oxygen atoms in total. The first-order chi connectivity index (χ1) is 8.04. The number of carboxylic acids is 1. The third-order valence-corrected chi connectivity index (χ3v) is 1.85. The molecule has 0 spiro atoms. The number of aldehydes is 1. The van der Waals surface area contributed by atoms with E-state index in [1.165, 1.54) is 0 Å². The summed E-state index contributed by atoms with van der Waals surface area (Å²) in [5, 5.41) is 7.35. The molecule has 17 heavy (non-hydrogen) atoms. The quantitative estimate of drug-likeness (QED) is 0.318. The lowest BCUT2D eigenvalue weighted by Crippen LogP contribution is -2.27. The first kappa shape index (κ1) is 12.6. The lowest BCUT2D eigenvalue weighted by molar-refractivity contribution is -0.147. The zero-order chi connectivity index (χ0) is 12.8. The molecule has 1 aliphatic rings. The van der Waals surface area contributed by atoms with Gasteiger partial charge in [0.05, 0.1) is 0 Å². The molecule has 0 fully saturated rings. The fraction of sp³-hybridized carbons (Fsp3) is 0.0909. The number of esters is 1. The molecule has 0 aromatic heterocycles. The third-order valence-electron chi connectivity index (χ3n) is 1.85. The third kappa shape index (κ3) is 3.53. The summed E-state index contributed by atoms with van der Waals surface area (Å²) in [6, 6.07) is 7.03. The van der Waals surface area contributed by atoms with E-state index < -0.39 is 17.7 Å². The van der Waals surface area contributed by atoms with Crippen molar-refractivity contribution in [1.82, 2.24) is 0 Å². The SMILES string of the molecule is O=C1Cc2ccccc2OC1=O.O=CC(=O)O. The summed E-state index contributed by atoms with van der Waals surface area (Å²) < 4.78 is 4.76. The van der Waals surface area contributed by atoms with Crippen LogP contribution in [0.5, 0.6) is 5.75 Å². The van der Waals surface area contributed by atoms with Gasteiger partial charge < -0.3 is 9.84 Å². The first-order valence-electron chi connectivity index (χ1n) is 4.55. The molecule has 1 heterocycles. The van der Waals surface area contributed by atoms with Crippen LogP contribution in [0.3, 0.4) is 0 Å². The summed E-state index contributed by atoms with van der Waals surface area (Å²) in [6.07, 6.45) is -0.00495.